The summed E-state index contributed by atoms with van der Waals surface area (Å²) in [6.45, 7) is 2.22. The van der Waals surface area contributed by atoms with Gasteiger partial charge in [-0.15, -0.1) is 0 Å². The average molecular weight is 348 g/mol. The summed E-state index contributed by atoms with van der Waals surface area (Å²) in [5.74, 6) is 0. The van der Waals surface area contributed by atoms with Crippen molar-refractivity contribution in [3.05, 3.63) is 28.2 Å². The van der Waals surface area contributed by atoms with E-state index in [1.807, 2.05) is 0 Å². The van der Waals surface area contributed by atoms with E-state index in [2.05, 4.69) is 4.83 Å². The predicted octanol–water partition coefficient (Wildman–Crippen LogP) is -2.89. The van der Waals surface area contributed by atoms with Crippen molar-refractivity contribution >= 4 is 33.2 Å². The minimum atomic E-state index is -3.67. The lowest BCUT2D eigenvalue weighted by Gasteiger charge is -2.23. The van der Waals surface area contributed by atoms with E-state index >= 15 is 0 Å². The lowest BCUT2D eigenvalue weighted by atomic mass is 10.4. The maximum atomic E-state index is 12.2. The first-order chi connectivity index (χ1) is 8.49. The predicted molar refractivity (Wildman–Crippen MR) is 68.3 cm³/mol. The number of ether oxygens (including phenoxy) is 1. The molecular weight excluding hydrogens is 335 g/mol. The Labute approximate surface area is 128 Å². The Morgan fingerprint density at radius 2 is 1.84 bits per heavy atom. The van der Waals surface area contributed by atoms with Crippen molar-refractivity contribution in [2.45, 2.75) is 4.90 Å². The number of sulfonamides is 1. The van der Waals surface area contributed by atoms with E-state index in [9.17, 15) is 8.42 Å². The van der Waals surface area contributed by atoms with Gasteiger partial charge in [-0.3, -0.25) is 0 Å². The van der Waals surface area contributed by atoms with Crippen LogP contribution >= 0.6 is 23.2 Å². The second kappa shape index (κ2) is 7.08. The molecule has 1 aromatic carbocycles. The molecule has 1 heterocycles. The SMILES string of the molecule is O=S(=O)(N[NH+]1CCOCC1)c1cc(Cl)ccc1Cl.[Cl-]. The highest BCUT2D eigenvalue weighted by atomic mass is 35.5. The molecule has 0 radical (unpaired) electrons. The summed E-state index contributed by atoms with van der Waals surface area (Å²) in [6.07, 6.45) is 0. The zero-order valence-electron chi connectivity index (χ0n) is 9.83. The first kappa shape index (κ1) is 17.0. The van der Waals surface area contributed by atoms with Crippen molar-refractivity contribution < 1.29 is 30.6 Å². The van der Waals surface area contributed by atoms with Gasteiger partial charge in [-0.2, -0.15) is 0 Å². The summed E-state index contributed by atoms with van der Waals surface area (Å²) in [7, 11) is -3.67. The van der Waals surface area contributed by atoms with Gasteiger partial charge in [0.2, 0.25) is 0 Å². The van der Waals surface area contributed by atoms with Crippen molar-refractivity contribution in [3.8, 4) is 0 Å². The molecule has 1 aliphatic heterocycles. The number of morpholine rings is 1. The van der Waals surface area contributed by atoms with Crippen LogP contribution in [-0.2, 0) is 14.8 Å². The highest BCUT2D eigenvalue weighted by molar-refractivity contribution is 7.89. The number of benzene rings is 1. The fourth-order valence-corrected chi connectivity index (χ4v) is 3.61. The second-order valence-electron chi connectivity index (χ2n) is 3.90. The molecule has 0 bridgehead atoms. The summed E-state index contributed by atoms with van der Waals surface area (Å²) >= 11 is 11.7. The number of hydrogen-bond acceptors (Lipinski definition) is 3. The first-order valence-electron chi connectivity index (χ1n) is 5.39. The van der Waals surface area contributed by atoms with Crippen LogP contribution in [0.25, 0.3) is 0 Å². The highest BCUT2D eigenvalue weighted by Crippen LogP contribution is 2.24. The van der Waals surface area contributed by atoms with E-state index in [0.29, 0.717) is 31.3 Å². The van der Waals surface area contributed by atoms with E-state index in [1.165, 1.54) is 12.1 Å². The van der Waals surface area contributed by atoms with Crippen LogP contribution in [-0.4, -0.2) is 34.7 Å². The molecule has 108 valence electrons. The van der Waals surface area contributed by atoms with E-state index in [4.69, 9.17) is 27.9 Å². The Morgan fingerprint density at radius 3 is 2.47 bits per heavy atom. The summed E-state index contributed by atoms with van der Waals surface area (Å²) in [5, 5.41) is 1.22. The minimum absolute atomic E-state index is 0. The third kappa shape index (κ3) is 4.46. The number of rotatable bonds is 3. The molecule has 9 heteroatoms. The molecular formula is C10H13Cl3N2O3S. The minimum Gasteiger partial charge on any atom is -1.00 e. The largest absolute Gasteiger partial charge is 1.00 e. The maximum absolute atomic E-state index is 12.2. The molecule has 0 aromatic heterocycles. The average Bonchev–Trinajstić information content (AvgIpc) is 2.33. The lowest BCUT2D eigenvalue weighted by Crippen LogP contribution is -3.20. The third-order valence-electron chi connectivity index (χ3n) is 2.56. The van der Waals surface area contributed by atoms with E-state index in [-0.39, 0.29) is 22.3 Å². The maximum Gasteiger partial charge on any atom is 0.283 e. The Hall–Kier alpha value is -0.0800. The third-order valence-corrected chi connectivity index (χ3v) is 4.71. The van der Waals surface area contributed by atoms with Crippen molar-refractivity contribution in [2.75, 3.05) is 26.3 Å². The van der Waals surface area contributed by atoms with E-state index < -0.39 is 10.0 Å². The van der Waals surface area contributed by atoms with Crippen LogP contribution in [0.1, 0.15) is 0 Å². The molecule has 0 aliphatic carbocycles. The zero-order chi connectivity index (χ0) is 13.2. The van der Waals surface area contributed by atoms with Crippen molar-refractivity contribution in [3.63, 3.8) is 0 Å². The first-order valence-corrected chi connectivity index (χ1v) is 7.63. The van der Waals surface area contributed by atoms with Gasteiger partial charge < -0.3 is 17.1 Å². The Bertz CT molecular complexity index is 533. The standard InChI is InChI=1S/C10H12Cl2N2O3S.ClH/c11-8-1-2-9(12)10(7-8)18(15,16)13-14-3-5-17-6-4-14;/h1-2,7,13H,3-6H2;1H. The fraction of sp³-hybridized carbons (Fsp3) is 0.400. The van der Waals surface area contributed by atoms with Gasteiger partial charge in [-0.05, 0) is 18.2 Å². The molecule has 1 aromatic rings. The molecule has 0 spiro atoms. The summed E-state index contributed by atoms with van der Waals surface area (Å²) < 4.78 is 29.5. The van der Waals surface area contributed by atoms with Gasteiger partial charge in [-0.25, -0.2) is 13.4 Å². The molecule has 2 N–H and O–H groups in total. The zero-order valence-corrected chi connectivity index (χ0v) is 12.9. The van der Waals surface area contributed by atoms with Crippen LogP contribution < -0.4 is 22.2 Å². The van der Waals surface area contributed by atoms with E-state index in [1.54, 1.807) is 6.07 Å². The molecule has 0 unspecified atom stereocenters. The number of quaternary nitrogens is 1. The molecule has 19 heavy (non-hydrogen) atoms. The monoisotopic (exact) mass is 346 g/mol. The summed E-state index contributed by atoms with van der Waals surface area (Å²) in [6, 6.07) is 4.35. The molecule has 1 saturated heterocycles. The Morgan fingerprint density at radius 1 is 1.21 bits per heavy atom. The van der Waals surface area contributed by atoms with Crippen LogP contribution in [0.2, 0.25) is 10.0 Å². The smallest absolute Gasteiger partial charge is 0.283 e. The van der Waals surface area contributed by atoms with Gasteiger partial charge in [0.25, 0.3) is 10.0 Å². The van der Waals surface area contributed by atoms with Crippen LogP contribution in [0.3, 0.4) is 0 Å². The van der Waals surface area contributed by atoms with Crippen molar-refractivity contribution in [1.82, 2.24) is 4.83 Å². The number of nitrogens with one attached hydrogen (secondary N) is 2. The normalized spacial score (nSPS) is 16.9. The van der Waals surface area contributed by atoms with Crippen molar-refractivity contribution in [1.29, 1.82) is 0 Å². The van der Waals surface area contributed by atoms with Gasteiger partial charge in [0.15, 0.2) is 0 Å². The molecule has 5 nitrogen and oxygen atoms in total. The van der Waals surface area contributed by atoms with Crippen LogP contribution in [0.5, 0.6) is 0 Å². The fourth-order valence-electron chi connectivity index (χ4n) is 1.65. The van der Waals surface area contributed by atoms with Crippen LogP contribution in [0.4, 0.5) is 0 Å². The molecule has 0 amide bonds. The number of halogens is 3. The van der Waals surface area contributed by atoms with Crippen molar-refractivity contribution in [2.24, 2.45) is 0 Å². The molecule has 1 aliphatic rings. The molecule has 0 saturated carbocycles. The topological polar surface area (TPSA) is 59.8 Å². The van der Waals surface area contributed by atoms with Crippen LogP contribution in [0.15, 0.2) is 23.1 Å². The Kier molecular flexibility index (Phi) is 6.32. The second-order valence-corrected chi connectivity index (χ2v) is 6.39. The van der Waals surface area contributed by atoms with Gasteiger partial charge in [-0.1, -0.05) is 28.0 Å². The van der Waals surface area contributed by atoms with Gasteiger partial charge >= 0.3 is 0 Å². The summed E-state index contributed by atoms with van der Waals surface area (Å²) in [5.41, 5.74) is 0. The Balaban J connectivity index is 0.00000180. The number of hydrogen-bond donors (Lipinski definition) is 2. The molecule has 2 rings (SSSR count). The van der Waals surface area contributed by atoms with Gasteiger partial charge in [0.1, 0.15) is 18.0 Å². The summed E-state index contributed by atoms with van der Waals surface area (Å²) in [4.78, 5) is 2.54. The lowest BCUT2D eigenvalue weighted by molar-refractivity contribution is -0.938. The molecule has 1 fully saturated rings. The van der Waals surface area contributed by atoms with Gasteiger partial charge in [0, 0.05) is 5.02 Å². The quantitative estimate of drug-likeness (QED) is 0.617. The van der Waals surface area contributed by atoms with Gasteiger partial charge in [0.05, 0.1) is 18.2 Å². The molecule has 0 atom stereocenters. The highest BCUT2D eigenvalue weighted by Gasteiger charge is 2.25. The van der Waals surface area contributed by atoms with Crippen LogP contribution in [0, 0.1) is 0 Å². The van der Waals surface area contributed by atoms with E-state index in [0.717, 1.165) is 5.01 Å².